The summed E-state index contributed by atoms with van der Waals surface area (Å²) in [6.45, 7) is 6.93. The molecule has 8 heteroatoms. The average Bonchev–Trinajstić information content (AvgIpc) is 3.20. The van der Waals surface area contributed by atoms with Crippen molar-refractivity contribution in [2.24, 2.45) is 5.92 Å². The number of ether oxygens (including phenoxy) is 1. The molecule has 1 unspecified atom stereocenters. The Hall–Kier alpha value is -2.25. The van der Waals surface area contributed by atoms with Crippen molar-refractivity contribution >= 4 is 46.6 Å². The van der Waals surface area contributed by atoms with E-state index in [4.69, 9.17) is 16.3 Å². The summed E-state index contributed by atoms with van der Waals surface area (Å²) in [5.74, 6) is 0.270. The van der Waals surface area contributed by atoms with Gasteiger partial charge in [0.15, 0.2) is 0 Å². The van der Waals surface area contributed by atoms with E-state index in [9.17, 15) is 9.90 Å². The summed E-state index contributed by atoms with van der Waals surface area (Å²) < 4.78 is 7.85. The second kappa shape index (κ2) is 13.4. The van der Waals surface area contributed by atoms with Gasteiger partial charge in [-0.05, 0) is 92.9 Å². The molecule has 1 aliphatic carbocycles. The van der Waals surface area contributed by atoms with E-state index in [-0.39, 0.29) is 12.4 Å². The molecule has 0 radical (unpaired) electrons. The van der Waals surface area contributed by atoms with Gasteiger partial charge in [0.1, 0.15) is 0 Å². The van der Waals surface area contributed by atoms with E-state index >= 15 is 0 Å². The van der Waals surface area contributed by atoms with E-state index in [2.05, 4.69) is 32.6 Å². The van der Waals surface area contributed by atoms with Gasteiger partial charge in [0.25, 0.3) is 0 Å². The Morgan fingerprint density at radius 2 is 1.83 bits per heavy atom. The average molecular weight is 601 g/mol. The lowest BCUT2D eigenvalue weighted by Gasteiger charge is -2.33. The summed E-state index contributed by atoms with van der Waals surface area (Å²) >= 11 is 6.63. The van der Waals surface area contributed by atoms with E-state index in [0.29, 0.717) is 17.4 Å². The smallest absolute Gasteiger partial charge is 0.335 e. The van der Waals surface area contributed by atoms with Crippen LogP contribution in [0.3, 0.4) is 0 Å². The minimum atomic E-state index is -0.871. The molecule has 0 bridgehead atoms. The van der Waals surface area contributed by atoms with Crippen LogP contribution < -0.4 is 4.90 Å². The number of methoxy groups -OCH3 is 1. The van der Waals surface area contributed by atoms with Crippen LogP contribution >= 0.6 is 24.0 Å². The summed E-state index contributed by atoms with van der Waals surface area (Å²) in [4.78, 5) is 17.1. The Morgan fingerprint density at radius 3 is 2.61 bits per heavy atom. The first-order chi connectivity index (χ1) is 19.5. The zero-order valence-electron chi connectivity index (χ0n) is 24.1. The number of carbonyl (C=O) groups is 1. The number of aromatic nitrogens is 1. The number of carboxylic acids is 1. The summed E-state index contributed by atoms with van der Waals surface area (Å²) in [5, 5.41) is 11.8. The van der Waals surface area contributed by atoms with Gasteiger partial charge in [0, 0.05) is 60.5 Å². The minimum Gasteiger partial charge on any atom is -0.478 e. The molecule has 0 amide bonds. The van der Waals surface area contributed by atoms with Crippen LogP contribution in [-0.2, 0) is 11.3 Å². The van der Waals surface area contributed by atoms with Gasteiger partial charge in [0.2, 0.25) is 0 Å². The normalized spacial score (nSPS) is 19.9. The number of likely N-dealkylation sites (tertiary alicyclic amines) is 1. The highest BCUT2D eigenvalue weighted by Gasteiger charge is 2.31. The standard InChI is InChI=1S/C33H42ClN3O3.ClH/c1-40-22-23-7-5-14-35(21-23)15-6-16-36-17-18-37-30-19-25(33(38)39)10-12-27(30)31(24-8-3-2-4-9-24)32(37)28-13-11-26(34)20-29(28)36;/h10-13,19-20,23-24H,2-9,14-18,21-22H2,1H3,(H,38,39);1H. The molecule has 1 aromatic heterocycles. The second-order valence-corrected chi connectivity index (χ2v) is 12.5. The zero-order chi connectivity index (χ0) is 27.6. The second-order valence-electron chi connectivity index (χ2n) is 12.1. The van der Waals surface area contributed by atoms with E-state index in [1.165, 1.54) is 79.4 Å². The highest BCUT2D eigenvalue weighted by molar-refractivity contribution is 6.31. The van der Waals surface area contributed by atoms with Crippen molar-refractivity contribution in [3.63, 3.8) is 0 Å². The maximum atomic E-state index is 11.9. The van der Waals surface area contributed by atoms with Crippen molar-refractivity contribution in [1.29, 1.82) is 0 Å². The topological polar surface area (TPSA) is 57.9 Å². The maximum Gasteiger partial charge on any atom is 0.335 e. The Balaban J connectivity index is 0.00000337. The number of hydrogen-bond donors (Lipinski definition) is 1. The third kappa shape index (κ3) is 6.27. The van der Waals surface area contributed by atoms with Gasteiger partial charge in [-0.2, -0.15) is 0 Å². The molecule has 6 rings (SSSR count). The van der Waals surface area contributed by atoms with E-state index < -0.39 is 5.97 Å². The van der Waals surface area contributed by atoms with Crippen LogP contribution in [0.5, 0.6) is 0 Å². The van der Waals surface area contributed by atoms with Gasteiger partial charge in [-0.1, -0.05) is 36.9 Å². The molecule has 1 saturated carbocycles. The summed E-state index contributed by atoms with van der Waals surface area (Å²) in [6.07, 6.45) is 9.81. The SMILES string of the molecule is COCC1CCCN(CCCN2CCn3c(c(C4CCCCC4)c4ccc(C(=O)O)cc43)-c3ccc(Cl)cc32)C1.Cl. The zero-order valence-corrected chi connectivity index (χ0v) is 25.7. The third-order valence-electron chi connectivity index (χ3n) is 9.42. The number of hydrogen-bond acceptors (Lipinski definition) is 4. The highest BCUT2D eigenvalue weighted by Crippen LogP contribution is 2.48. The molecule has 2 aliphatic heterocycles. The monoisotopic (exact) mass is 599 g/mol. The molecule has 0 spiro atoms. The van der Waals surface area contributed by atoms with Crippen molar-refractivity contribution < 1.29 is 14.6 Å². The molecule has 222 valence electrons. The molecule has 41 heavy (non-hydrogen) atoms. The Bertz CT molecular complexity index is 1370. The molecule has 2 fully saturated rings. The molecular weight excluding hydrogens is 557 g/mol. The van der Waals surface area contributed by atoms with Crippen LogP contribution in [0.2, 0.25) is 5.02 Å². The number of rotatable bonds is 8. The van der Waals surface area contributed by atoms with Crippen LogP contribution in [0.1, 0.15) is 73.2 Å². The Kier molecular flexibility index (Phi) is 9.85. The van der Waals surface area contributed by atoms with Crippen LogP contribution in [0.4, 0.5) is 5.69 Å². The van der Waals surface area contributed by atoms with E-state index in [1.807, 2.05) is 19.2 Å². The fraction of sp³-hybridized carbons (Fsp3) is 0.545. The minimum absolute atomic E-state index is 0. The third-order valence-corrected chi connectivity index (χ3v) is 9.66. The lowest BCUT2D eigenvalue weighted by molar-refractivity contribution is 0.0697. The van der Waals surface area contributed by atoms with Gasteiger partial charge in [-0.15, -0.1) is 12.4 Å². The lowest BCUT2D eigenvalue weighted by Crippen LogP contribution is -2.39. The molecule has 3 heterocycles. The summed E-state index contributed by atoms with van der Waals surface area (Å²) in [6, 6.07) is 12.1. The number of nitrogens with zero attached hydrogens (tertiary/aromatic N) is 3. The largest absolute Gasteiger partial charge is 0.478 e. The number of carboxylic acid groups (broad SMARTS) is 1. The molecule has 3 aromatic rings. The molecule has 1 saturated heterocycles. The maximum absolute atomic E-state index is 11.9. The molecule has 2 aromatic carbocycles. The molecule has 3 aliphatic rings. The number of aromatic carboxylic acids is 1. The highest BCUT2D eigenvalue weighted by atomic mass is 35.5. The Labute approximate surface area is 255 Å². The van der Waals surface area contributed by atoms with Gasteiger partial charge in [0.05, 0.1) is 17.9 Å². The molecule has 1 N–H and O–H groups in total. The van der Waals surface area contributed by atoms with Crippen molar-refractivity contribution in [3.8, 4) is 11.3 Å². The van der Waals surface area contributed by atoms with Crippen molar-refractivity contribution in [3.05, 3.63) is 52.5 Å². The lowest BCUT2D eigenvalue weighted by atomic mass is 9.81. The van der Waals surface area contributed by atoms with Crippen LogP contribution in [0.15, 0.2) is 36.4 Å². The van der Waals surface area contributed by atoms with Gasteiger partial charge >= 0.3 is 5.97 Å². The summed E-state index contributed by atoms with van der Waals surface area (Å²) in [5.41, 5.74) is 6.53. The van der Waals surface area contributed by atoms with Crippen molar-refractivity contribution in [2.45, 2.75) is 63.8 Å². The van der Waals surface area contributed by atoms with Crippen LogP contribution in [0, 0.1) is 5.92 Å². The van der Waals surface area contributed by atoms with Gasteiger partial charge in [-0.3, -0.25) is 0 Å². The van der Waals surface area contributed by atoms with Gasteiger partial charge < -0.3 is 24.2 Å². The fourth-order valence-electron chi connectivity index (χ4n) is 7.59. The predicted molar refractivity (Wildman–Crippen MR) is 170 cm³/mol. The first-order valence-electron chi connectivity index (χ1n) is 15.2. The van der Waals surface area contributed by atoms with Crippen molar-refractivity contribution in [2.75, 3.05) is 51.3 Å². The first-order valence-corrected chi connectivity index (χ1v) is 15.6. The van der Waals surface area contributed by atoms with E-state index in [1.54, 1.807) is 6.07 Å². The van der Waals surface area contributed by atoms with Crippen LogP contribution in [-0.4, -0.2) is 67.0 Å². The predicted octanol–water partition coefficient (Wildman–Crippen LogP) is 7.70. The number of anilines is 1. The quantitative estimate of drug-likeness (QED) is 0.287. The number of halogens is 2. The number of piperidine rings is 1. The van der Waals surface area contributed by atoms with Crippen molar-refractivity contribution in [1.82, 2.24) is 9.47 Å². The summed E-state index contributed by atoms with van der Waals surface area (Å²) in [7, 11) is 1.81. The van der Waals surface area contributed by atoms with Gasteiger partial charge in [-0.25, -0.2) is 4.79 Å². The molecular formula is C33H43Cl2N3O3. The Morgan fingerprint density at radius 1 is 1.00 bits per heavy atom. The molecule has 6 nitrogen and oxygen atoms in total. The molecule has 1 atom stereocenters. The van der Waals surface area contributed by atoms with Crippen LogP contribution in [0.25, 0.3) is 22.2 Å². The number of benzene rings is 2. The number of fused-ring (bicyclic) bond motifs is 5. The van der Waals surface area contributed by atoms with E-state index in [0.717, 1.165) is 56.3 Å². The fourth-order valence-corrected chi connectivity index (χ4v) is 7.75. The first kappa shape index (κ1) is 30.2.